The molecule has 0 aromatic carbocycles. The van der Waals surface area contributed by atoms with Gasteiger partial charge < -0.3 is 5.11 Å². The lowest BCUT2D eigenvalue weighted by Gasteiger charge is -2.08. The van der Waals surface area contributed by atoms with Crippen LogP contribution in [0.4, 0.5) is 0 Å². The van der Waals surface area contributed by atoms with Crippen molar-refractivity contribution in [1.82, 2.24) is 15.0 Å². The van der Waals surface area contributed by atoms with Crippen molar-refractivity contribution in [2.24, 2.45) is 7.05 Å². The second-order valence-electron chi connectivity index (χ2n) is 3.60. The first kappa shape index (κ1) is 12.6. The minimum absolute atomic E-state index is 0.282. The Bertz CT molecular complexity index is 479. The monoisotopic (exact) mass is 247 g/mol. The maximum atomic E-state index is 11.7. The number of aromatic nitrogens is 3. The molecule has 0 spiro atoms. The second kappa shape index (κ2) is 4.60. The Kier molecular flexibility index (Phi) is 3.63. The zero-order valence-electron chi connectivity index (χ0n) is 8.99. The van der Waals surface area contributed by atoms with Gasteiger partial charge in [0, 0.05) is 13.2 Å². The summed E-state index contributed by atoms with van der Waals surface area (Å²) in [4.78, 5) is 10.4. The topological polar surface area (TPSA) is 102 Å². The lowest BCUT2D eigenvalue weighted by molar-refractivity contribution is -0.136. The van der Waals surface area contributed by atoms with Gasteiger partial charge in [0.05, 0.1) is 23.1 Å². The molecule has 1 rings (SSSR count). The highest BCUT2D eigenvalue weighted by Crippen LogP contribution is 2.11. The molecule has 1 aromatic heterocycles. The SMILES string of the molecule is CC(CC(=O)O)S(=O)(=O)Cc1cn(C)nn1. The second-order valence-corrected chi connectivity index (χ2v) is 6.02. The number of hydrogen-bond acceptors (Lipinski definition) is 5. The normalized spacial score (nSPS) is 13.6. The molecule has 1 heterocycles. The van der Waals surface area contributed by atoms with Crippen molar-refractivity contribution in [3.05, 3.63) is 11.9 Å². The summed E-state index contributed by atoms with van der Waals surface area (Å²) >= 11 is 0. The molecule has 0 bridgehead atoms. The molecular weight excluding hydrogens is 234 g/mol. The van der Waals surface area contributed by atoms with Crippen LogP contribution < -0.4 is 0 Å². The molecule has 8 heteroatoms. The number of aliphatic carboxylic acids is 1. The molecule has 0 amide bonds. The predicted molar refractivity (Wildman–Crippen MR) is 55.3 cm³/mol. The number of carbonyl (C=O) groups is 1. The summed E-state index contributed by atoms with van der Waals surface area (Å²) in [6.45, 7) is 1.37. The van der Waals surface area contributed by atoms with Gasteiger partial charge in [-0.25, -0.2) is 8.42 Å². The molecule has 0 aliphatic heterocycles. The van der Waals surface area contributed by atoms with Gasteiger partial charge in [0.25, 0.3) is 0 Å². The van der Waals surface area contributed by atoms with Gasteiger partial charge >= 0.3 is 5.97 Å². The third kappa shape index (κ3) is 3.30. The number of carboxylic acid groups (broad SMARTS) is 1. The van der Waals surface area contributed by atoms with E-state index >= 15 is 0 Å². The van der Waals surface area contributed by atoms with Gasteiger partial charge in [-0.05, 0) is 6.92 Å². The fraction of sp³-hybridized carbons (Fsp3) is 0.625. The fourth-order valence-electron chi connectivity index (χ4n) is 1.18. The van der Waals surface area contributed by atoms with E-state index in [1.807, 2.05) is 0 Å². The zero-order valence-corrected chi connectivity index (χ0v) is 9.81. The molecule has 0 aliphatic rings. The molecule has 0 fully saturated rings. The zero-order chi connectivity index (χ0) is 12.3. The maximum absolute atomic E-state index is 11.7. The Morgan fingerprint density at radius 3 is 2.69 bits per heavy atom. The molecule has 1 aromatic rings. The van der Waals surface area contributed by atoms with E-state index in [4.69, 9.17) is 5.11 Å². The van der Waals surface area contributed by atoms with Crippen molar-refractivity contribution in [2.45, 2.75) is 24.3 Å². The first-order valence-corrected chi connectivity index (χ1v) is 6.31. The van der Waals surface area contributed by atoms with Crippen LogP contribution in [0.15, 0.2) is 6.20 Å². The predicted octanol–water partition coefficient (Wildman–Crippen LogP) is -0.407. The molecular formula is C8H13N3O4S. The van der Waals surface area contributed by atoms with Gasteiger partial charge in [-0.15, -0.1) is 5.10 Å². The van der Waals surface area contributed by atoms with Crippen molar-refractivity contribution in [2.75, 3.05) is 0 Å². The highest BCUT2D eigenvalue weighted by Gasteiger charge is 2.24. The summed E-state index contributed by atoms with van der Waals surface area (Å²) in [6.07, 6.45) is 1.09. The van der Waals surface area contributed by atoms with E-state index in [-0.39, 0.29) is 5.75 Å². The highest BCUT2D eigenvalue weighted by molar-refractivity contribution is 7.91. The average Bonchev–Trinajstić information content (AvgIpc) is 2.49. The highest BCUT2D eigenvalue weighted by atomic mass is 32.2. The largest absolute Gasteiger partial charge is 0.481 e. The number of hydrogen-bond donors (Lipinski definition) is 1. The molecule has 0 aliphatic carbocycles. The Morgan fingerprint density at radius 2 is 2.25 bits per heavy atom. The third-order valence-corrected chi connectivity index (χ3v) is 4.17. The molecule has 90 valence electrons. The molecule has 0 saturated heterocycles. The van der Waals surface area contributed by atoms with Crippen LogP contribution in [0.5, 0.6) is 0 Å². The van der Waals surface area contributed by atoms with Crippen molar-refractivity contribution in [1.29, 1.82) is 0 Å². The quantitative estimate of drug-likeness (QED) is 0.759. The van der Waals surface area contributed by atoms with E-state index in [1.54, 1.807) is 7.05 Å². The molecule has 7 nitrogen and oxygen atoms in total. The van der Waals surface area contributed by atoms with E-state index in [9.17, 15) is 13.2 Å². The van der Waals surface area contributed by atoms with Crippen LogP contribution in [0.2, 0.25) is 0 Å². The maximum Gasteiger partial charge on any atom is 0.304 e. The number of carboxylic acids is 1. The van der Waals surface area contributed by atoms with Crippen LogP contribution >= 0.6 is 0 Å². The van der Waals surface area contributed by atoms with E-state index in [0.29, 0.717) is 5.69 Å². The van der Waals surface area contributed by atoms with Crippen molar-refractivity contribution in [3.8, 4) is 0 Å². The Balaban J connectivity index is 2.75. The van der Waals surface area contributed by atoms with Crippen LogP contribution in [0, 0.1) is 0 Å². The van der Waals surface area contributed by atoms with Crippen molar-refractivity contribution in [3.63, 3.8) is 0 Å². The van der Waals surface area contributed by atoms with Gasteiger partial charge in [-0.3, -0.25) is 9.48 Å². The summed E-state index contributed by atoms with van der Waals surface area (Å²) < 4.78 is 24.8. The van der Waals surface area contributed by atoms with Crippen LogP contribution in [0.3, 0.4) is 0 Å². The van der Waals surface area contributed by atoms with Gasteiger partial charge in [-0.2, -0.15) is 0 Å². The summed E-state index contributed by atoms with van der Waals surface area (Å²) in [5, 5.41) is 14.9. The van der Waals surface area contributed by atoms with Gasteiger partial charge in [0.2, 0.25) is 0 Å². The molecule has 1 atom stereocenters. The van der Waals surface area contributed by atoms with Crippen molar-refractivity contribution < 1.29 is 18.3 Å². The van der Waals surface area contributed by atoms with Crippen LogP contribution in [-0.4, -0.2) is 39.7 Å². The number of rotatable bonds is 5. The third-order valence-electron chi connectivity index (χ3n) is 2.07. The molecule has 16 heavy (non-hydrogen) atoms. The minimum atomic E-state index is -3.49. The lowest BCUT2D eigenvalue weighted by atomic mass is 10.3. The number of nitrogens with zero attached hydrogens (tertiary/aromatic N) is 3. The number of sulfone groups is 1. The molecule has 0 saturated carbocycles. The van der Waals surface area contributed by atoms with E-state index in [1.165, 1.54) is 17.8 Å². The Labute approximate surface area is 93.0 Å². The molecule has 1 unspecified atom stereocenters. The van der Waals surface area contributed by atoms with Crippen LogP contribution in [0.25, 0.3) is 0 Å². The average molecular weight is 247 g/mol. The summed E-state index contributed by atoms with van der Waals surface area (Å²) in [5.74, 6) is -1.41. The van der Waals surface area contributed by atoms with E-state index in [0.717, 1.165) is 0 Å². The van der Waals surface area contributed by atoms with Crippen LogP contribution in [0.1, 0.15) is 19.0 Å². The summed E-state index contributed by atoms with van der Waals surface area (Å²) in [5.41, 5.74) is 0.319. The Hall–Kier alpha value is -1.44. The lowest BCUT2D eigenvalue weighted by Crippen LogP contribution is -2.23. The van der Waals surface area contributed by atoms with E-state index in [2.05, 4.69) is 10.3 Å². The van der Waals surface area contributed by atoms with E-state index < -0.39 is 27.5 Å². The smallest absolute Gasteiger partial charge is 0.304 e. The van der Waals surface area contributed by atoms with Gasteiger partial charge in [0.15, 0.2) is 9.84 Å². The van der Waals surface area contributed by atoms with Gasteiger partial charge in [-0.1, -0.05) is 5.21 Å². The first-order valence-electron chi connectivity index (χ1n) is 4.60. The summed E-state index contributed by atoms with van der Waals surface area (Å²) in [6, 6.07) is 0. The summed E-state index contributed by atoms with van der Waals surface area (Å²) in [7, 11) is -1.86. The molecule has 0 radical (unpaired) electrons. The number of aryl methyl sites for hydroxylation is 1. The first-order chi connectivity index (χ1) is 7.31. The van der Waals surface area contributed by atoms with Crippen LogP contribution in [-0.2, 0) is 27.4 Å². The van der Waals surface area contributed by atoms with Crippen molar-refractivity contribution >= 4 is 15.8 Å². The Morgan fingerprint density at radius 1 is 1.62 bits per heavy atom. The fourth-order valence-corrected chi connectivity index (χ4v) is 2.41. The van der Waals surface area contributed by atoms with Gasteiger partial charge in [0.1, 0.15) is 0 Å². The minimum Gasteiger partial charge on any atom is -0.481 e. The standard InChI is InChI=1S/C8H13N3O4S/c1-6(3-8(12)13)16(14,15)5-7-4-11(2)10-9-7/h4,6H,3,5H2,1-2H3,(H,12,13). The molecule has 1 N–H and O–H groups in total.